The average molecular weight is 883 g/mol. The van der Waals surface area contributed by atoms with Crippen molar-refractivity contribution in [2.45, 2.75) is 199 Å². The molecule has 9 N–H and O–H groups in total. The Kier molecular flexibility index (Phi) is 12.5. The van der Waals surface area contributed by atoms with E-state index in [0.29, 0.717) is 19.3 Å². The van der Waals surface area contributed by atoms with Crippen LogP contribution in [0.15, 0.2) is 11.6 Å². The van der Waals surface area contributed by atoms with Gasteiger partial charge < -0.3 is 74.4 Å². The van der Waals surface area contributed by atoms with Gasteiger partial charge in [0.2, 0.25) is 0 Å². The minimum Gasteiger partial charge on any atom is -0.481 e. The number of carbonyl (C=O) groups is 1. The molecule has 3 heterocycles. The van der Waals surface area contributed by atoms with E-state index in [1.165, 1.54) is 12.5 Å². The van der Waals surface area contributed by atoms with Gasteiger partial charge in [0.15, 0.2) is 18.9 Å². The molecule has 0 spiro atoms. The molecule has 62 heavy (non-hydrogen) atoms. The molecule has 0 unspecified atom stereocenters. The maximum Gasteiger partial charge on any atom is 0.310 e. The number of aliphatic carboxylic acids is 1. The van der Waals surface area contributed by atoms with E-state index < -0.39 is 103 Å². The van der Waals surface area contributed by atoms with E-state index in [1.807, 2.05) is 0 Å². The molecule has 0 aromatic rings. The zero-order chi connectivity index (χ0) is 45.1. The van der Waals surface area contributed by atoms with Crippen molar-refractivity contribution in [3.63, 3.8) is 0 Å². The number of hydrogen-bond acceptors (Lipinski definition) is 15. The van der Waals surface area contributed by atoms with Gasteiger partial charge in [-0.2, -0.15) is 0 Å². The normalized spacial score (nSPS) is 55.1. The van der Waals surface area contributed by atoms with Crippen LogP contribution in [0.1, 0.15) is 113 Å². The van der Waals surface area contributed by atoms with Gasteiger partial charge in [0.1, 0.15) is 54.9 Å². The van der Waals surface area contributed by atoms with Crippen LogP contribution in [0.4, 0.5) is 0 Å². The van der Waals surface area contributed by atoms with E-state index in [-0.39, 0.29) is 59.2 Å². The second-order valence-electron chi connectivity index (χ2n) is 22.4. The van der Waals surface area contributed by atoms with Crippen LogP contribution in [0.2, 0.25) is 0 Å². The molecule has 0 aromatic carbocycles. The van der Waals surface area contributed by atoms with Gasteiger partial charge in [-0.1, -0.05) is 53.2 Å². The Hall–Kier alpha value is -1.35. The Balaban J connectivity index is 1.02. The first-order valence-electron chi connectivity index (χ1n) is 23.1. The second-order valence-corrected chi connectivity index (χ2v) is 22.4. The third-order valence-corrected chi connectivity index (χ3v) is 18.7. The fourth-order valence-electron chi connectivity index (χ4n) is 14.5. The highest BCUT2D eigenvalue weighted by molar-refractivity contribution is 5.76. The van der Waals surface area contributed by atoms with E-state index in [9.17, 15) is 50.8 Å². The highest BCUT2D eigenvalue weighted by Crippen LogP contribution is 2.76. The third-order valence-electron chi connectivity index (χ3n) is 18.7. The van der Waals surface area contributed by atoms with E-state index >= 15 is 0 Å². The summed E-state index contributed by atoms with van der Waals surface area (Å²) in [5, 5.41) is 97.4. The van der Waals surface area contributed by atoms with E-state index in [0.717, 1.165) is 44.9 Å². The van der Waals surface area contributed by atoms with Crippen molar-refractivity contribution in [1.29, 1.82) is 0 Å². The molecule has 354 valence electrons. The molecule has 3 saturated heterocycles. The summed E-state index contributed by atoms with van der Waals surface area (Å²) in [5.41, 5.74) is -0.519. The van der Waals surface area contributed by atoms with Crippen LogP contribution in [-0.4, -0.2) is 158 Å². The molecule has 0 bridgehead atoms. The molecule has 22 atom stereocenters. The molecule has 5 aliphatic carbocycles. The number of carboxylic acids is 1. The molecule has 16 nitrogen and oxygen atoms in total. The zero-order valence-corrected chi connectivity index (χ0v) is 37.5. The summed E-state index contributed by atoms with van der Waals surface area (Å²) in [5.74, 6) is -0.342. The Labute approximate surface area is 364 Å². The number of carboxylic acid groups (broad SMARTS) is 1. The van der Waals surface area contributed by atoms with E-state index in [1.54, 1.807) is 0 Å². The lowest BCUT2D eigenvalue weighted by Crippen LogP contribution is -2.67. The summed E-state index contributed by atoms with van der Waals surface area (Å²) in [6, 6.07) is 0. The summed E-state index contributed by atoms with van der Waals surface area (Å²) < 4.78 is 36.0. The predicted molar refractivity (Wildman–Crippen MR) is 219 cm³/mol. The summed E-state index contributed by atoms with van der Waals surface area (Å²) in [6.07, 6.45) is -9.19. The van der Waals surface area contributed by atoms with Crippen LogP contribution in [-0.2, 0) is 33.2 Å². The van der Waals surface area contributed by atoms with Crippen LogP contribution in [0.25, 0.3) is 0 Å². The Morgan fingerprint density at radius 1 is 0.710 bits per heavy atom. The SMILES string of the molecule is C[C@@H]1O[C@@H](O[C@H]2[C@H](O[C@H]3CC[C@@]4(C)[C@@H](CC[C@]5(C)[C@@H]4CC=C4[C@@H]6CC(C)(C)CC[C@]6(C(=O)O)CC[C@]45C)[C@]3(C)CO)OC[C@H](O)[C@@H]2O)[C@H](O)[C@H](O[C@@H]2OC[C@@H](O)[C@H](O)[C@H]2O)[C@H]1O. The fraction of sp³-hybridized carbons (Fsp3) is 0.935. The Morgan fingerprint density at radius 3 is 2.03 bits per heavy atom. The van der Waals surface area contributed by atoms with Crippen LogP contribution in [0.5, 0.6) is 0 Å². The maximum atomic E-state index is 13.1. The van der Waals surface area contributed by atoms with Crippen molar-refractivity contribution in [2.24, 2.45) is 50.2 Å². The van der Waals surface area contributed by atoms with Crippen molar-refractivity contribution in [1.82, 2.24) is 0 Å². The first kappa shape index (κ1) is 47.2. The summed E-state index contributed by atoms with van der Waals surface area (Å²) >= 11 is 0. The minimum absolute atomic E-state index is 0.00631. The first-order chi connectivity index (χ1) is 29.0. The van der Waals surface area contributed by atoms with Crippen molar-refractivity contribution >= 4 is 5.97 Å². The Morgan fingerprint density at radius 2 is 1.35 bits per heavy atom. The lowest BCUT2D eigenvalue weighted by Gasteiger charge is -2.71. The van der Waals surface area contributed by atoms with Gasteiger partial charge >= 0.3 is 5.97 Å². The molecule has 7 fully saturated rings. The van der Waals surface area contributed by atoms with Gasteiger partial charge in [-0.3, -0.25) is 4.79 Å². The smallest absolute Gasteiger partial charge is 0.310 e. The molecular formula is C46H74O16. The molecule has 4 saturated carbocycles. The molecular weight excluding hydrogens is 808 g/mol. The zero-order valence-electron chi connectivity index (χ0n) is 37.5. The fourth-order valence-corrected chi connectivity index (χ4v) is 14.5. The van der Waals surface area contributed by atoms with Gasteiger partial charge in [0.05, 0.1) is 37.4 Å². The number of fused-ring (bicyclic) bond motifs is 7. The number of aliphatic hydroxyl groups is 8. The topological polar surface area (TPSA) is 255 Å². The Bertz CT molecular complexity index is 1690. The van der Waals surface area contributed by atoms with Gasteiger partial charge in [-0.05, 0) is 111 Å². The number of aliphatic hydroxyl groups excluding tert-OH is 8. The second kappa shape index (κ2) is 16.5. The van der Waals surface area contributed by atoms with Gasteiger partial charge in [-0.15, -0.1) is 0 Å². The molecule has 8 rings (SSSR count). The van der Waals surface area contributed by atoms with Crippen molar-refractivity contribution in [2.75, 3.05) is 19.8 Å². The third kappa shape index (κ3) is 7.19. The van der Waals surface area contributed by atoms with Crippen LogP contribution in [0.3, 0.4) is 0 Å². The first-order valence-corrected chi connectivity index (χ1v) is 23.1. The quantitative estimate of drug-likeness (QED) is 0.125. The molecule has 8 aliphatic rings. The average Bonchev–Trinajstić information content (AvgIpc) is 3.21. The summed E-state index contributed by atoms with van der Waals surface area (Å²) in [6.45, 7) is 14.5. The number of allylic oxidation sites excluding steroid dienone is 2. The standard InChI is InChI=1S/C46H74O16/c1-22-30(50)35(61-37-33(53)31(51)25(48)19-57-37)34(54)38(59-22)62-36-32(52)26(49)20-58-39(36)60-29-11-12-42(4)27(43(29,5)21-47)10-13-45(7)28(42)9-8-23-24-18-41(2,3)14-16-46(24,40(55)56)17-15-44(23,45)6/h8,22,24-39,47-54H,9-21H2,1-7H3,(H,55,56)/t22-,24-,25+,26-,27+,28+,29-,30-,31-,32-,33+,34+,35+,36+,37-,38-,39-,42-,43-,44+,45+,46-/m0/s1. The van der Waals surface area contributed by atoms with Crippen molar-refractivity contribution < 1.29 is 79.2 Å². The number of hydrogen-bond donors (Lipinski definition) is 9. The van der Waals surface area contributed by atoms with Crippen LogP contribution < -0.4 is 0 Å². The largest absolute Gasteiger partial charge is 0.481 e. The molecule has 0 radical (unpaired) electrons. The minimum atomic E-state index is -1.73. The van der Waals surface area contributed by atoms with Crippen molar-refractivity contribution in [3.05, 3.63) is 11.6 Å². The molecule has 16 heteroatoms. The van der Waals surface area contributed by atoms with Gasteiger partial charge in [-0.25, -0.2) is 0 Å². The van der Waals surface area contributed by atoms with Crippen LogP contribution in [0, 0.1) is 50.2 Å². The highest BCUT2D eigenvalue weighted by Gasteiger charge is 2.70. The molecule has 0 aromatic heterocycles. The molecule has 3 aliphatic heterocycles. The van der Waals surface area contributed by atoms with E-state index in [4.69, 9.17) is 28.4 Å². The lowest BCUT2D eigenvalue weighted by atomic mass is 9.33. The van der Waals surface area contributed by atoms with Crippen molar-refractivity contribution in [3.8, 4) is 0 Å². The van der Waals surface area contributed by atoms with E-state index in [2.05, 4.69) is 47.6 Å². The maximum absolute atomic E-state index is 13.1. The molecule has 0 amide bonds. The summed E-state index contributed by atoms with van der Waals surface area (Å²) in [7, 11) is 0. The number of ether oxygens (including phenoxy) is 6. The highest BCUT2D eigenvalue weighted by atomic mass is 16.8. The van der Waals surface area contributed by atoms with Gasteiger partial charge in [0.25, 0.3) is 0 Å². The lowest BCUT2D eigenvalue weighted by molar-refractivity contribution is -0.379. The predicted octanol–water partition coefficient (Wildman–Crippen LogP) is 1.98. The van der Waals surface area contributed by atoms with Gasteiger partial charge in [0, 0.05) is 5.41 Å². The summed E-state index contributed by atoms with van der Waals surface area (Å²) in [4.78, 5) is 13.1. The van der Waals surface area contributed by atoms with Crippen LogP contribution >= 0.6 is 0 Å². The monoisotopic (exact) mass is 882 g/mol. The number of rotatable bonds is 8.